The largest absolute Gasteiger partial charge is 0.330 e. The Morgan fingerprint density at radius 1 is 1.29 bits per heavy atom. The minimum atomic E-state index is -3.52. The third kappa shape index (κ3) is 2.66. The van der Waals surface area contributed by atoms with Crippen molar-refractivity contribution >= 4 is 9.84 Å². The number of rotatable bonds is 5. The minimum Gasteiger partial charge on any atom is -0.330 e. The van der Waals surface area contributed by atoms with Crippen LogP contribution in [0, 0.1) is 11.2 Å². The van der Waals surface area contributed by atoms with Crippen LogP contribution in [0.4, 0.5) is 4.39 Å². The van der Waals surface area contributed by atoms with E-state index < -0.39 is 15.7 Å². The topological polar surface area (TPSA) is 60.2 Å². The van der Waals surface area contributed by atoms with E-state index in [9.17, 15) is 12.8 Å². The number of sulfone groups is 1. The highest BCUT2D eigenvalue weighted by atomic mass is 32.2. The van der Waals surface area contributed by atoms with Gasteiger partial charge in [0.05, 0.1) is 5.75 Å². The molecule has 1 aromatic carbocycles. The summed E-state index contributed by atoms with van der Waals surface area (Å²) in [7, 11) is -3.52. The first-order valence-corrected chi connectivity index (χ1v) is 7.32. The van der Waals surface area contributed by atoms with Crippen molar-refractivity contribution in [1.29, 1.82) is 0 Å². The molecule has 1 aliphatic carbocycles. The molecule has 3 nitrogen and oxygen atoms in total. The predicted molar refractivity (Wildman–Crippen MR) is 63.8 cm³/mol. The summed E-state index contributed by atoms with van der Waals surface area (Å²) in [5.74, 6) is -0.699. The van der Waals surface area contributed by atoms with Gasteiger partial charge in [-0.2, -0.15) is 0 Å². The van der Waals surface area contributed by atoms with Crippen molar-refractivity contribution in [1.82, 2.24) is 0 Å². The molecule has 0 aromatic heterocycles. The lowest BCUT2D eigenvalue weighted by Gasteiger charge is -2.12. The molecule has 1 aromatic rings. The average Bonchev–Trinajstić information content (AvgIpc) is 3.08. The summed E-state index contributed by atoms with van der Waals surface area (Å²) in [6, 6.07) is 5.50. The highest BCUT2D eigenvalue weighted by molar-refractivity contribution is 7.91. The van der Waals surface area contributed by atoms with E-state index in [2.05, 4.69) is 0 Å². The molecular weight excluding hydrogens is 241 g/mol. The van der Waals surface area contributed by atoms with Crippen LogP contribution in [0.15, 0.2) is 29.2 Å². The van der Waals surface area contributed by atoms with Crippen molar-refractivity contribution < 1.29 is 12.8 Å². The van der Waals surface area contributed by atoms with Gasteiger partial charge < -0.3 is 5.73 Å². The Bertz CT molecular complexity index is 509. The fourth-order valence-electron chi connectivity index (χ4n) is 1.89. The molecule has 1 fully saturated rings. The molecule has 0 aliphatic heterocycles. The van der Waals surface area contributed by atoms with Crippen LogP contribution in [0.3, 0.4) is 0 Å². The fraction of sp³-hybridized carbons (Fsp3) is 0.500. The van der Waals surface area contributed by atoms with Crippen LogP contribution in [-0.4, -0.2) is 20.7 Å². The second-order valence-corrected chi connectivity index (χ2v) is 6.78. The van der Waals surface area contributed by atoms with Crippen LogP contribution < -0.4 is 5.73 Å². The summed E-state index contributed by atoms with van der Waals surface area (Å²) < 4.78 is 37.3. The molecule has 17 heavy (non-hydrogen) atoms. The first-order chi connectivity index (χ1) is 7.99. The molecular formula is C12H16FNO2S. The fourth-order valence-corrected chi connectivity index (χ4v) is 3.46. The van der Waals surface area contributed by atoms with Crippen molar-refractivity contribution in [2.45, 2.75) is 24.2 Å². The van der Waals surface area contributed by atoms with Gasteiger partial charge >= 0.3 is 0 Å². The van der Waals surface area contributed by atoms with E-state index in [1.807, 2.05) is 0 Å². The molecule has 0 radical (unpaired) electrons. The summed E-state index contributed by atoms with van der Waals surface area (Å²) >= 11 is 0. The molecule has 0 amide bonds. The van der Waals surface area contributed by atoms with Gasteiger partial charge in [-0.3, -0.25) is 0 Å². The summed E-state index contributed by atoms with van der Waals surface area (Å²) in [5, 5.41) is 0. The minimum absolute atomic E-state index is 0.00166. The maximum Gasteiger partial charge on any atom is 0.181 e. The lowest BCUT2D eigenvalue weighted by molar-refractivity contribution is 0.496. The van der Waals surface area contributed by atoms with Gasteiger partial charge in [-0.15, -0.1) is 0 Å². The molecule has 0 heterocycles. The predicted octanol–water partition coefficient (Wildman–Crippen LogP) is 1.73. The summed E-state index contributed by atoms with van der Waals surface area (Å²) in [6.45, 7) is 0.514. The van der Waals surface area contributed by atoms with Crippen molar-refractivity contribution in [3.63, 3.8) is 0 Å². The quantitative estimate of drug-likeness (QED) is 0.874. The van der Waals surface area contributed by atoms with E-state index in [1.54, 1.807) is 0 Å². The Hall–Kier alpha value is -0.940. The first-order valence-electron chi connectivity index (χ1n) is 5.66. The number of nitrogens with two attached hydrogens (primary N) is 1. The normalized spacial score (nSPS) is 18.0. The second kappa shape index (κ2) is 4.38. The highest BCUT2D eigenvalue weighted by Gasteiger charge is 2.41. The average molecular weight is 257 g/mol. The number of benzene rings is 1. The Morgan fingerprint density at radius 2 is 1.94 bits per heavy atom. The van der Waals surface area contributed by atoms with Gasteiger partial charge in [-0.1, -0.05) is 12.1 Å². The lowest BCUT2D eigenvalue weighted by atomic mass is 10.1. The zero-order valence-electron chi connectivity index (χ0n) is 9.52. The molecule has 94 valence electrons. The summed E-state index contributed by atoms with van der Waals surface area (Å²) in [5.41, 5.74) is 5.60. The maximum absolute atomic E-state index is 13.4. The van der Waals surface area contributed by atoms with Crippen molar-refractivity contribution in [3.8, 4) is 0 Å². The Labute approximate surface area is 101 Å². The third-order valence-corrected chi connectivity index (χ3v) is 5.21. The monoisotopic (exact) mass is 257 g/mol. The molecule has 1 aliphatic rings. The van der Waals surface area contributed by atoms with E-state index in [-0.39, 0.29) is 16.1 Å². The Morgan fingerprint density at radius 3 is 2.47 bits per heavy atom. The van der Waals surface area contributed by atoms with Crippen molar-refractivity contribution in [2.75, 3.05) is 12.3 Å². The number of hydrogen-bond donors (Lipinski definition) is 1. The zero-order valence-corrected chi connectivity index (χ0v) is 10.3. The second-order valence-electron chi connectivity index (χ2n) is 4.70. The SMILES string of the molecule is NCC1(CCS(=O)(=O)c2ccccc2F)CC1. The smallest absolute Gasteiger partial charge is 0.181 e. The van der Waals surface area contributed by atoms with Gasteiger partial charge in [0.15, 0.2) is 9.84 Å². The number of halogens is 1. The van der Waals surface area contributed by atoms with E-state index >= 15 is 0 Å². The lowest BCUT2D eigenvalue weighted by Crippen LogP contribution is -2.20. The highest BCUT2D eigenvalue weighted by Crippen LogP contribution is 2.48. The van der Waals surface area contributed by atoms with Crippen LogP contribution in [-0.2, 0) is 9.84 Å². The standard InChI is InChI=1S/C12H16FNO2S/c13-10-3-1-2-4-11(10)17(15,16)8-7-12(9-14)5-6-12/h1-4H,5-9,14H2. The van der Waals surface area contributed by atoms with E-state index in [0.29, 0.717) is 13.0 Å². The molecule has 0 unspecified atom stereocenters. The Balaban J connectivity index is 2.12. The van der Waals surface area contributed by atoms with E-state index in [1.165, 1.54) is 24.3 Å². The van der Waals surface area contributed by atoms with Gasteiger partial charge in [0, 0.05) is 0 Å². The molecule has 0 atom stereocenters. The Kier molecular flexibility index (Phi) is 3.23. The van der Waals surface area contributed by atoms with Gasteiger partial charge in [0.2, 0.25) is 0 Å². The van der Waals surface area contributed by atoms with Gasteiger partial charge in [0.1, 0.15) is 10.7 Å². The van der Waals surface area contributed by atoms with E-state index in [0.717, 1.165) is 12.8 Å². The molecule has 2 N–H and O–H groups in total. The van der Waals surface area contributed by atoms with Gasteiger partial charge in [-0.25, -0.2) is 12.8 Å². The van der Waals surface area contributed by atoms with Gasteiger partial charge in [0.25, 0.3) is 0 Å². The third-order valence-electron chi connectivity index (χ3n) is 3.46. The van der Waals surface area contributed by atoms with Crippen LogP contribution in [0.2, 0.25) is 0 Å². The molecule has 0 spiro atoms. The van der Waals surface area contributed by atoms with Gasteiger partial charge in [-0.05, 0) is 43.4 Å². The first kappa shape index (κ1) is 12.5. The van der Waals surface area contributed by atoms with Crippen molar-refractivity contribution in [2.24, 2.45) is 11.1 Å². The van der Waals surface area contributed by atoms with Crippen LogP contribution >= 0.6 is 0 Å². The summed E-state index contributed by atoms with van der Waals surface area (Å²) in [4.78, 5) is -0.201. The molecule has 1 saturated carbocycles. The van der Waals surface area contributed by atoms with Crippen molar-refractivity contribution in [3.05, 3.63) is 30.1 Å². The molecule has 0 bridgehead atoms. The number of hydrogen-bond acceptors (Lipinski definition) is 3. The maximum atomic E-state index is 13.4. The van der Waals surface area contributed by atoms with Crippen LogP contribution in [0.5, 0.6) is 0 Å². The molecule has 2 rings (SSSR count). The zero-order chi connectivity index (χ0) is 12.5. The summed E-state index contributed by atoms with van der Waals surface area (Å²) in [6.07, 6.45) is 2.49. The molecule has 5 heteroatoms. The van der Waals surface area contributed by atoms with Crippen LogP contribution in [0.1, 0.15) is 19.3 Å². The van der Waals surface area contributed by atoms with Crippen LogP contribution in [0.25, 0.3) is 0 Å². The van der Waals surface area contributed by atoms with E-state index in [4.69, 9.17) is 5.73 Å². The molecule has 0 saturated heterocycles.